The average molecular weight is 1130 g/mol. The lowest BCUT2D eigenvalue weighted by Gasteiger charge is -2.10. The Morgan fingerprint density at radius 1 is 0.200 bits per heavy atom. The summed E-state index contributed by atoms with van der Waals surface area (Å²) in [5.41, 5.74) is 0. The van der Waals surface area contributed by atoms with Gasteiger partial charge in [-0.1, -0.05) is 151 Å². The van der Waals surface area contributed by atoms with Gasteiger partial charge in [-0.25, -0.2) is 0 Å². The number of thioether (sulfide) groups is 2. The van der Waals surface area contributed by atoms with Crippen molar-refractivity contribution in [2.75, 3.05) is 168 Å². The number of nitrogens with one attached hydrogen (secondary N) is 4. The van der Waals surface area contributed by atoms with Crippen molar-refractivity contribution < 1.29 is 37.9 Å². The molecule has 10 saturated heterocycles. The highest BCUT2D eigenvalue weighted by Crippen LogP contribution is 2.15. The van der Waals surface area contributed by atoms with Crippen molar-refractivity contribution in [1.29, 1.82) is 0 Å². The van der Waals surface area contributed by atoms with Gasteiger partial charge in [-0.3, -0.25) is 5.32 Å². The van der Waals surface area contributed by atoms with Gasteiger partial charge in [0.15, 0.2) is 0 Å². The summed E-state index contributed by atoms with van der Waals surface area (Å²) >= 11 is 4.17. The van der Waals surface area contributed by atoms with Crippen LogP contribution in [0.3, 0.4) is 0 Å². The monoisotopic (exact) mass is 1130 g/mol. The number of morpholine rings is 1. The van der Waals surface area contributed by atoms with Crippen LogP contribution in [0.15, 0.2) is 0 Å². The Morgan fingerprint density at radius 2 is 0.440 bits per heavy atom. The number of hydrogen-bond donors (Lipinski definition) is 4. The van der Waals surface area contributed by atoms with Crippen LogP contribution in [0.5, 0.6) is 0 Å². The molecule has 10 rings (SSSR count). The molecule has 10 aliphatic heterocycles. The van der Waals surface area contributed by atoms with E-state index in [0.717, 1.165) is 112 Å². The van der Waals surface area contributed by atoms with E-state index in [1.807, 2.05) is 138 Å². The van der Waals surface area contributed by atoms with Crippen LogP contribution in [-0.2, 0) is 37.9 Å². The summed E-state index contributed by atoms with van der Waals surface area (Å²) in [6, 6.07) is 0. The third-order valence-corrected chi connectivity index (χ3v) is 11.0. The van der Waals surface area contributed by atoms with Crippen molar-refractivity contribution in [3.05, 3.63) is 0 Å². The minimum atomic E-state index is 0.500. The van der Waals surface area contributed by atoms with Gasteiger partial charge in [-0.15, -0.1) is 0 Å². The van der Waals surface area contributed by atoms with Gasteiger partial charge >= 0.3 is 0 Å². The summed E-state index contributed by atoms with van der Waals surface area (Å²) in [5.74, 6) is 5.67. The first kappa shape index (κ1) is 97.4. The lowest BCUT2D eigenvalue weighted by molar-refractivity contribution is -0.0334. The van der Waals surface area contributed by atoms with E-state index in [0.29, 0.717) is 6.79 Å². The molecule has 0 atom stereocenters. The molecular formula is C61H146N4O8S2. The van der Waals surface area contributed by atoms with E-state index in [4.69, 9.17) is 37.9 Å². The van der Waals surface area contributed by atoms with Crippen molar-refractivity contribution in [2.24, 2.45) is 0 Å². The second-order valence-corrected chi connectivity index (χ2v) is 16.3. The molecule has 0 amide bonds. The standard InChI is InChI=1S/C5H11N.C5H10O.C5H10S.C4H9NO.C4H9N.C4H8O2.C4H8O.C4H8S.C3H7NO.C3H6O2.10C2H6/c3*1-2-4-6-5-3-1;1-3-6-4-2-5-1;1-2-4-5-3-1;1-2-6-4-3-5-1;2*1-2-4-5-3-1;2*1-2-5-3-4-1;10*1-2/h6H,1-5H2;2*1-5H2;5H,1-4H2;5H,1-4H2;1-4H2;2*1-4H2;4H,1-3H2;1-3H2;10*1-2H3. The zero-order chi connectivity index (χ0) is 58.9. The normalized spacial score (nSPS) is 18.4. The molecule has 0 radical (unpaired) electrons. The third kappa shape index (κ3) is 127. The predicted molar refractivity (Wildman–Crippen MR) is 346 cm³/mol. The quantitative estimate of drug-likeness (QED) is 0.184. The second-order valence-electron chi connectivity index (χ2n) is 13.8. The number of hydrogen-bond acceptors (Lipinski definition) is 14. The van der Waals surface area contributed by atoms with Gasteiger partial charge in [0.05, 0.1) is 66.2 Å². The fourth-order valence-electron chi connectivity index (χ4n) is 5.43. The minimum Gasteiger partial charge on any atom is -0.381 e. The van der Waals surface area contributed by atoms with E-state index in [1.165, 1.54) is 146 Å². The Labute approximate surface area is 483 Å². The van der Waals surface area contributed by atoms with Crippen molar-refractivity contribution in [2.45, 2.75) is 235 Å². The molecule has 0 aromatic heterocycles. The summed E-state index contributed by atoms with van der Waals surface area (Å²) in [6.45, 7) is 60.7. The molecule has 14 heteroatoms. The van der Waals surface area contributed by atoms with Crippen molar-refractivity contribution in [3.63, 3.8) is 0 Å². The van der Waals surface area contributed by atoms with Gasteiger partial charge in [0.2, 0.25) is 0 Å². The molecule has 75 heavy (non-hydrogen) atoms. The summed E-state index contributed by atoms with van der Waals surface area (Å²) in [4.78, 5) is 0. The molecule has 0 aliphatic carbocycles. The summed E-state index contributed by atoms with van der Waals surface area (Å²) in [5, 5.41) is 12.7. The van der Waals surface area contributed by atoms with Gasteiger partial charge in [0.25, 0.3) is 0 Å². The Balaban J connectivity index is -0.0000000755. The summed E-state index contributed by atoms with van der Waals surface area (Å²) in [6.07, 6.45) is 20.8. The maximum atomic E-state index is 5.07. The van der Waals surface area contributed by atoms with E-state index in [2.05, 4.69) is 44.8 Å². The molecule has 4 N–H and O–H groups in total. The Hall–Kier alpha value is 0.220. The number of rotatable bonds is 0. The lowest BCUT2D eigenvalue weighted by Crippen LogP contribution is -2.30. The topological polar surface area (TPSA) is 122 Å². The summed E-state index contributed by atoms with van der Waals surface area (Å²) in [7, 11) is 0. The second kappa shape index (κ2) is 130. The van der Waals surface area contributed by atoms with Gasteiger partial charge in [-0.05, 0) is 133 Å². The average Bonchev–Trinajstić information content (AvgIpc) is 4.43. The fraction of sp³-hybridized carbons (Fsp3) is 1.00. The van der Waals surface area contributed by atoms with Crippen LogP contribution in [-0.4, -0.2) is 168 Å². The van der Waals surface area contributed by atoms with Crippen LogP contribution in [0.25, 0.3) is 0 Å². The highest BCUT2D eigenvalue weighted by Gasteiger charge is 1.99. The van der Waals surface area contributed by atoms with Crippen LogP contribution < -0.4 is 21.3 Å². The van der Waals surface area contributed by atoms with Crippen LogP contribution in [0.4, 0.5) is 0 Å². The first-order valence-electron chi connectivity index (χ1n) is 32.1. The molecule has 0 unspecified atom stereocenters. The first-order valence-corrected chi connectivity index (χ1v) is 34.4. The molecule has 0 bridgehead atoms. The molecule has 0 saturated carbocycles. The van der Waals surface area contributed by atoms with Crippen LogP contribution in [0, 0.1) is 0 Å². The molecule has 0 aromatic carbocycles. The zero-order valence-corrected chi connectivity index (χ0v) is 56.7. The van der Waals surface area contributed by atoms with Gasteiger partial charge in [0.1, 0.15) is 6.79 Å². The largest absolute Gasteiger partial charge is 0.381 e. The van der Waals surface area contributed by atoms with Gasteiger partial charge in [-0.2, -0.15) is 23.5 Å². The molecule has 10 aliphatic rings. The Kier molecular flexibility index (Phi) is 169. The molecule has 10 heterocycles. The maximum absolute atomic E-state index is 5.07. The zero-order valence-electron chi connectivity index (χ0n) is 55.1. The molecule has 0 spiro atoms. The molecular weight excluding hydrogens is 981 g/mol. The van der Waals surface area contributed by atoms with Gasteiger partial charge < -0.3 is 53.8 Å². The number of piperidine rings is 1. The highest BCUT2D eigenvalue weighted by atomic mass is 32.2. The van der Waals surface area contributed by atoms with E-state index >= 15 is 0 Å². The predicted octanol–water partition coefficient (Wildman–Crippen LogP) is 16.0. The van der Waals surface area contributed by atoms with Crippen LogP contribution in [0.1, 0.15) is 235 Å². The van der Waals surface area contributed by atoms with Crippen LogP contribution in [0.2, 0.25) is 0 Å². The fourth-order valence-corrected chi connectivity index (χ4v) is 7.47. The molecule has 10 fully saturated rings. The van der Waals surface area contributed by atoms with Gasteiger partial charge in [0, 0.05) is 46.1 Å². The Morgan fingerprint density at radius 3 is 0.573 bits per heavy atom. The van der Waals surface area contributed by atoms with Crippen molar-refractivity contribution >= 4 is 23.5 Å². The maximum Gasteiger partial charge on any atom is 0.146 e. The smallest absolute Gasteiger partial charge is 0.146 e. The van der Waals surface area contributed by atoms with Crippen molar-refractivity contribution in [1.82, 2.24) is 21.3 Å². The summed E-state index contributed by atoms with van der Waals surface area (Å²) < 4.78 is 39.2. The van der Waals surface area contributed by atoms with E-state index in [1.54, 1.807) is 0 Å². The Bertz CT molecular complexity index is 444. The highest BCUT2D eigenvalue weighted by molar-refractivity contribution is 7.99. The third-order valence-electron chi connectivity index (χ3n) is 8.73. The molecule has 0 aromatic rings. The minimum absolute atomic E-state index is 0.500. The SMILES string of the molecule is C1CCNC1.C1CCNCC1.C1CCOC1.C1CCOCC1.C1CCSC1.C1CCSCC1.C1COCCN1.C1COCCO1.C1COCN1.C1COCO1.CC.CC.CC.CC.CC.CC.CC.CC.CC.CC. The molecule has 470 valence electrons. The number of ether oxygens (including phenoxy) is 8. The van der Waals surface area contributed by atoms with E-state index < -0.39 is 0 Å². The first-order chi connectivity index (χ1) is 37.5. The lowest BCUT2D eigenvalue weighted by atomic mass is 10.2. The van der Waals surface area contributed by atoms with E-state index in [9.17, 15) is 0 Å². The van der Waals surface area contributed by atoms with Crippen molar-refractivity contribution in [3.8, 4) is 0 Å². The van der Waals surface area contributed by atoms with Crippen LogP contribution >= 0.6 is 23.5 Å². The van der Waals surface area contributed by atoms with E-state index in [-0.39, 0.29) is 0 Å². The molecule has 12 nitrogen and oxygen atoms in total.